The van der Waals surface area contributed by atoms with Gasteiger partial charge in [-0.1, -0.05) is 42.5 Å². The molecule has 0 radical (unpaired) electrons. The van der Waals surface area contributed by atoms with Gasteiger partial charge in [0.25, 0.3) is 0 Å². The Balaban J connectivity index is 1.40. The van der Waals surface area contributed by atoms with Gasteiger partial charge in [0, 0.05) is 28.8 Å². The number of rotatable bonds is 6. The van der Waals surface area contributed by atoms with Crippen LogP contribution in [0.2, 0.25) is 5.28 Å². The van der Waals surface area contributed by atoms with Crippen molar-refractivity contribution >= 4 is 40.8 Å². The number of anilines is 3. The van der Waals surface area contributed by atoms with Gasteiger partial charge in [-0.05, 0) is 17.7 Å². The maximum absolute atomic E-state index is 13.2. The second kappa shape index (κ2) is 8.76. The zero-order valence-electron chi connectivity index (χ0n) is 17.3. The lowest BCUT2D eigenvalue weighted by molar-refractivity contribution is -0.694. The third-order valence-electron chi connectivity index (χ3n) is 5.24. The highest BCUT2D eigenvalue weighted by Gasteiger charge is 2.31. The molecule has 2 aromatic carbocycles. The highest BCUT2D eigenvalue weighted by molar-refractivity contribution is 6.30. The number of nitrogens with one attached hydrogen (secondary N) is 2. The van der Waals surface area contributed by atoms with E-state index in [2.05, 4.69) is 25.6 Å². The first kappa shape index (κ1) is 20.7. The fourth-order valence-corrected chi connectivity index (χ4v) is 3.89. The minimum Gasteiger partial charge on any atom is -0.348 e. The summed E-state index contributed by atoms with van der Waals surface area (Å²) < 4.78 is 2.02. The summed E-state index contributed by atoms with van der Waals surface area (Å²) in [6.45, 7) is 1.27. The minimum atomic E-state index is -0.235. The van der Waals surface area contributed by atoms with E-state index in [0.717, 1.165) is 0 Å². The Morgan fingerprint density at radius 2 is 1.45 bits per heavy atom. The van der Waals surface area contributed by atoms with Gasteiger partial charge in [0.2, 0.25) is 17.2 Å². The summed E-state index contributed by atoms with van der Waals surface area (Å²) in [6.07, 6.45) is 3.92. The smallest absolute Gasteiger partial charge is 0.233 e. The summed E-state index contributed by atoms with van der Waals surface area (Å²) in [5.74, 6) is 0.0314. The Bertz CT molecular complexity index is 1380. The molecule has 0 saturated heterocycles. The molecule has 0 amide bonds. The lowest BCUT2D eigenvalue weighted by Gasteiger charge is -2.20. The average Bonchev–Trinajstić information content (AvgIpc) is 2.83. The SMILES string of the molecule is O=C1c2ccccc2C(=O)c2c(Nc3nc(Cl)nc(NCC[n+]4ccccc4)n3)cccc21. The Labute approximate surface area is 194 Å². The number of benzene rings is 2. The van der Waals surface area contributed by atoms with Crippen molar-refractivity contribution < 1.29 is 14.2 Å². The first-order valence-corrected chi connectivity index (χ1v) is 10.7. The van der Waals surface area contributed by atoms with Crippen molar-refractivity contribution in [3.05, 3.63) is 101 Å². The molecular formula is C24H18ClN6O2+. The van der Waals surface area contributed by atoms with Crippen molar-refractivity contribution in [1.82, 2.24) is 15.0 Å². The molecule has 8 nitrogen and oxygen atoms in total. The van der Waals surface area contributed by atoms with E-state index in [1.807, 2.05) is 35.2 Å². The van der Waals surface area contributed by atoms with Gasteiger partial charge in [-0.3, -0.25) is 9.59 Å². The van der Waals surface area contributed by atoms with Crippen LogP contribution in [0.4, 0.5) is 17.6 Å². The fourth-order valence-electron chi connectivity index (χ4n) is 3.73. The van der Waals surface area contributed by atoms with Crippen LogP contribution in [0.3, 0.4) is 0 Å². The van der Waals surface area contributed by atoms with Crippen molar-refractivity contribution in [2.45, 2.75) is 6.54 Å². The lowest BCUT2D eigenvalue weighted by atomic mass is 9.83. The molecule has 9 heteroatoms. The molecule has 2 heterocycles. The number of carbonyl (C=O) groups is 2. The molecule has 0 unspecified atom stereocenters. The zero-order valence-corrected chi connectivity index (χ0v) is 18.1. The number of ketones is 2. The summed E-state index contributed by atoms with van der Waals surface area (Å²) in [5, 5.41) is 6.16. The maximum atomic E-state index is 13.2. The first-order valence-electron chi connectivity index (χ1n) is 10.3. The standard InChI is InChI=1S/C24H17ClN6O2/c25-22-28-23(26-11-14-31-12-4-1-5-13-31)30-24(29-22)27-18-10-6-9-17-19(18)21(33)16-8-3-2-7-15(16)20(17)32/h1-10,12-13H,11,14H2,(H-,26,27,28,29,30,33)/p+1. The molecule has 0 spiro atoms. The van der Waals surface area contributed by atoms with Gasteiger partial charge in [0.05, 0.1) is 17.8 Å². The number of aromatic nitrogens is 4. The van der Waals surface area contributed by atoms with Crippen LogP contribution in [0.15, 0.2) is 73.1 Å². The molecular weight excluding hydrogens is 440 g/mol. The van der Waals surface area contributed by atoms with E-state index in [4.69, 9.17) is 11.6 Å². The summed E-state index contributed by atoms with van der Waals surface area (Å²) in [4.78, 5) is 38.7. The van der Waals surface area contributed by atoms with Crippen molar-refractivity contribution in [3.63, 3.8) is 0 Å². The highest BCUT2D eigenvalue weighted by Crippen LogP contribution is 2.33. The predicted molar refractivity (Wildman–Crippen MR) is 123 cm³/mol. The van der Waals surface area contributed by atoms with Crippen LogP contribution in [-0.2, 0) is 6.54 Å². The molecule has 2 aromatic heterocycles. The summed E-state index contributed by atoms with van der Waals surface area (Å²) in [5.41, 5.74) is 1.82. The highest BCUT2D eigenvalue weighted by atomic mass is 35.5. The van der Waals surface area contributed by atoms with Crippen molar-refractivity contribution in [1.29, 1.82) is 0 Å². The molecule has 1 aliphatic rings. The average molecular weight is 458 g/mol. The van der Waals surface area contributed by atoms with Crippen molar-refractivity contribution in [2.24, 2.45) is 0 Å². The normalized spacial score (nSPS) is 12.2. The van der Waals surface area contributed by atoms with Gasteiger partial charge in [-0.2, -0.15) is 15.0 Å². The summed E-state index contributed by atoms with van der Waals surface area (Å²) in [6, 6.07) is 17.7. The molecule has 0 atom stereocenters. The van der Waals surface area contributed by atoms with Gasteiger partial charge in [0.15, 0.2) is 30.5 Å². The van der Waals surface area contributed by atoms with Crippen LogP contribution in [0, 0.1) is 0 Å². The minimum absolute atomic E-state index is 0.0000820. The number of carbonyl (C=O) groups excluding carboxylic acids is 2. The van der Waals surface area contributed by atoms with Gasteiger partial charge < -0.3 is 10.6 Å². The molecule has 2 N–H and O–H groups in total. The number of pyridine rings is 1. The molecule has 4 aromatic rings. The number of nitrogens with zero attached hydrogens (tertiary/aromatic N) is 4. The van der Waals surface area contributed by atoms with Crippen LogP contribution >= 0.6 is 11.6 Å². The van der Waals surface area contributed by atoms with E-state index in [9.17, 15) is 9.59 Å². The van der Waals surface area contributed by atoms with Crippen molar-refractivity contribution in [2.75, 3.05) is 17.2 Å². The number of hydrogen-bond acceptors (Lipinski definition) is 7. The first-order chi connectivity index (χ1) is 16.1. The van der Waals surface area contributed by atoms with Gasteiger partial charge >= 0.3 is 0 Å². The van der Waals surface area contributed by atoms with Crippen LogP contribution in [0.5, 0.6) is 0 Å². The zero-order chi connectivity index (χ0) is 22.8. The van der Waals surface area contributed by atoms with Crippen LogP contribution in [0.25, 0.3) is 0 Å². The van der Waals surface area contributed by atoms with E-state index in [1.54, 1.807) is 42.5 Å². The number of fused-ring (bicyclic) bond motifs is 2. The summed E-state index contributed by atoms with van der Waals surface area (Å²) in [7, 11) is 0. The number of halogens is 1. The molecule has 0 fully saturated rings. The molecule has 0 saturated carbocycles. The second-order valence-electron chi connectivity index (χ2n) is 7.35. The van der Waals surface area contributed by atoms with E-state index < -0.39 is 0 Å². The number of hydrogen-bond donors (Lipinski definition) is 2. The van der Waals surface area contributed by atoms with Gasteiger partial charge in [-0.25, -0.2) is 4.57 Å². The van der Waals surface area contributed by atoms with Crippen molar-refractivity contribution in [3.8, 4) is 0 Å². The third-order valence-corrected chi connectivity index (χ3v) is 5.41. The summed E-state index contributed by atoms with van der Waals surface area (Å²) >= 11 is 6.11. The Morgan fingerprint density at radius 3 is 2.24 bits per heavy atom. The Hall–Kier alpha value is -4.17. The Kier molecular flexibility index (Phi) is 5.50. The molecule has 162 valence electrons. The topological polar surface area (TPSA) is 101 Å². The fraction of sp³-hybridized carbons (Fsp3) is 0.0833. The van der Waals surface area contributed by atoms with Crippen LogP contribution < -0.4 is 15.2 Å². The molecule has 0 aliphatic heterocycles. The van der Waals surface area contributed by atoms with Crippen LogP contribution in [-0.4, -0.2) is 33.1 Å². The second-order valence-corrected chi connectivity index (χ2v) is 7.69. The molecule has 33 heavy (non-hydrogen) atoms. The van der Waals surface area contributed by atoms with E-state index >= 15 is 0 Å². The van der Waals surface area contributed by atoms with Crippen LogP contribution in [0.1, 0.15) is 31.8 Å². The monoisotopic (exact) mass is 457 g/mol. The quantitative estimate of drug-likeness (QED) is 0.376. The van der Waals surface area contributed by atoms with E-state index in [1.165, 1.54) is 0 Å². The molecule has 5 rings (SSSR count). The maximum Gasteiger partial charge on any atom is 0.233 e. The largest absolute Gasteiger partial charge is 0.348 e. The van der Waals surface area contributed by atoms with E-state index in [-0.39, 0.29) is 28.4 Å². The Morgan fingerprint density at radius 1 is 0.758 bits per heavy atom. The molecule has 0 bridgehead atoms. The predicted octanol–water partition coefficient (Wildman–Crippen LogP) is 3.44. The lowest BCUT2D eigenvalue weighted by Crippen LogP contribution is -2.36. The third kappa shape index (κ3) is 4.16. The van der Waals surface area contributed by atoms with Gasteiger partial charge in [-0.15, -0.1) is 0 Å². The molecule has 1 aliphatic carbocycles. The van der Waals surface area contributed by atoms with Gasteiger partial charge in [0.1, 0.15) is 0 Å². The van der Waals surface area contributed by atoms with E-state index in [0.29, 0.717) is 41.4 Å².